The molecule has 0 aliphatic heterocycles. The van der Waals surface area contributed by atoms with Crippen LogP contribution in [0.3, 0.4) is 0 Å². The maximum Gasteiger partial charge on any atom is 0.246 e. The van der Waals surface area contributed by atoms with Crippen LogP contribution in [0.2, 0.25) is 0 Å². The maximum atomic E-state index is 13.0. The number of rotatable bonds is 9. The monoisotopic (exact) mass is 354 g/mol. The second-order valence-electron chi connectivity index (χ2n) is 6.10. The van der Waals surface area contributed by atoms with E-state index in [0.717, 1.165) is 43.2 Å². The van der Waals surface area contributed by atoms with Gasteiger partial charge in [0.25, 0.3) is 0 Å². The minimum atomic E-state index is -0.311. The largest absolute Gasteiger partial charge is 0.357 e. The first kappa shape index (κ1) is 19.9. The highest BCUT2D eigenvalue weighted by Crippen LogP contribution is 2.23. The van der Waals surface area contributed by atoms with Crippen molar-refractivity contribution in [2.45, 2.75) is 33.7 Å². The van der Waals surface area contributed by atoms with Gasteiger partial charge in [0, 0.05) is 13.1 Å². The molecule has 1 N–H and O–H groups in total. The number of aromatic nitrogens is 1. The van der Waals surface area contributed by atoms with Crippen LogP contribution in [0.1, 0.15) is 39.3 Å². The van der Waals surface area contributed by atoms with E-state index < -0.39 is 0 Å². The van der Waals surface area contributed by atoms with Crippen LogP contribution in [0.4, 0.5) is 11.5 Å². The van der Waals surface area contributed by atoms with Gasteiger partial charge >= 0.3 is 0 Å². The number of hydrogen-bond acceptors (Lipinski definition) is 4. The van der Waals surface area contributed by atoms with Gasteiger partial charge in [-0.25, -0.2) is 4.98 Å². The molecule has 2 rings (SSSR count). The van der Waals surface area contributed by atoms with Crippen molar-refractivity contribution < 1.29 is 4.79 Å². The highest BCUT2D eigenvalue weighted by molar-refractivity contribution is 5.95. The fourth-order valence-electron chi connectivity index (χ4n) is 3.16. The van der Waals surface area contributed by atoms with Crippen LogP contribution < -0.4 is 10.2 Å². The molecule has 1 aromatic carbocycles. The number of nitrogens with zero attached hydrogens (tertiary/aromatic N) is 3. The molecule has 1 aromatic heterocycles. The molecule has 5 heteroatoms. The standard InChI is InChI=1S/C21H30N4O/c1-5-24(6-2)19-15-14-18(16-22-19)23-21(26)20(25(7-3)8-4)17-12-10-9-11-13-17/h9-16,20H,5-8H2,1-4H3,(H,23,26). The van der Waals surface area contributed by atoms with Crippen LogP contribution in [0.15, 0.2) is 48.7 Å². The lowest BCUT2D eigenvalue weighted by Crippen LogP contribution is -2.37. The van der Waals surface area contributed by atoms with Crippen molar-refractivity contribution >= 4 is 17.4 Å². The van der Waals surface area contributed by atoms with Gasteiger partial charge in [0.15, 0.2) is 0 Å². The third kappa shape index (κ3) is 4.82. The van der Waals surface area contributed by atoms with Gasteiger partial charge in [-0.2, -0.15) is 0 Å². The van der Waals surface area contributed by atoms with Gasteiger partial charge in [0.05, 0.1) is 11.9 Å². The van der Waals surface area contributed by atoms with Gasteiger partial charge in [-0.1, -0.05) is 44.2 Å². The zero-order valence-corrected chi connectivity index (χ0v) is 16.3. The Morgan fingerprint density at radius 1 is 0.962 bits per heavy atom. The molecule has 1 heterocycles. The summed E-state index contributed by atoms with van der Waals surface area (Å²) in [6.45, 7) is 11.8. The smallest absolute Gasteiger partial charge is 0.246 e. The van der Waals surface area contributed by atoms with E-state index in [-0.39, 0.29) is 11.9 Å². The number of carbonyl (C=O) groups excluding carboxylic acids is 1. The summed E-state index contributed by atoms with van der Waals surface area (Å²) in [6.07, 6.45) is 1.73. The molecule has 0 radical (unpaired) electrons. The predicted molar refractivity (Wildman–Crippen MR) is 109 cm³/mol. The molecule has 2 aromatic rings. The van der Waals surface area contributed by atoms with Crippen LogP contribution in [0.25, 0.3) is 0 Å². The molecule has 26 heavy (non-hydrogen) atoms. The number of carbonyl (C=O) groups is 1. The molecule has 0 spiro atoms. The van der Waals surface area contributed by atoms with E-state index in [9.17, 15) is 4.79 Å². The molecule has 5 nitrogen and oxygen atoms in total. The van der Waals surface area contributed by atoms with E-state index in [1.54, 1.807) is 6.20 Å². The summed E-state index contributed by atoms with van der Waals surface area (Å²) in [5, 5.41) is 3.03. The first-order valence-corrected chi connectivity index (χ1v) is 9.45. The average Bonchev–Trinajstić information content (AvgIpc) is 2.68. The first-order valence-electron chi connectivity index (χ1n) is 9.45. The third-order valence-corrected chi connectivity index (χ3v) is 4.64. The third-order valence-electron chi connectivity index (χ3n) is 4.64. The van der Waals surface area contributed by atoms with E-state index >= 15 is 0 Å². The SMILES string of the molecule is CCN(CC)c1ccc(NC(=O)C(c2ccccc2)N(CC)CC)cn1. The van der Waals surface area contributed by atoms with E-state index in [4.69, 9.17) is 0 Å². The summed E-state index contributed by atoms with van der Waals surface area (Å²) in [4.78, 5) is 21.8. The fraction of sp³-hybridized carbons (Fsp3) is 0.429. The van der Waals surface area contributed by atoms with Crippen LogP contribution in [0, 0.1) is 0 Å². The van der Waals surface area contributed by atoms with Crippen molar-refractivity contribution in [1.29, 1.82) is 0 Å². The van der Waals surface area contributed by atoms with Crippen LogP contribution in [-0.4, -0.2) is 42.0 Å². The zero-order chi connectivity index (χ0) is 18.9. The highest BCUT2D eigenvalue weighted by Gasteiger charge is 2.25. The Kier molecular flexibility index (Phi) is 7.60. The summed E-state index contributed by atoms with van der Waals surface area (Å²) < 4.78 is 0. The van der Waals surface area contributed by atoms with E-state index in [1.807, 2.05) is 42.5 Å². The molecule has 0 fully saturated rings. The van der Waals surface area contributed by atoms with Crippen molar-refractivity contribution in [3.63, 3.8) is 0 Å². The molecule has 0 saturated carbocycles. The molecule has 1 unspecified atom stereocenters. The Morgan fingerprint density at radius 3 is 2.12 bits per heavy atom. The van der Waals surface area contributed by atoms with Gasteiger partial charge in [-0.15, -0.1) is 0 Å². The number of amides is 1. The minimum Gasteiger partial charge on any atom is -0.357 e. The Morgan fingerprint density at radius 2 is 1.62 bits per heavy atom. The normalized spacial score (nSPS) is 12.0. The first-order chi connectivity index (χ1) is 12.6. The summed E-state index contributed by atoms with van der Waals surface area (Å²) in [6, 6.07) is 13.5. The van der Waals surface area contributed by atoms with Crippen LogP contribution >= 0.6 is 0 Å². The maximum absolute atomic E-state index is 13.0. The Hall–Kier alpha value is -2.40. The lowest BCUT2D eigenvalue weighted by atomic mass is 10.0. The van der Waals surface area contributed by atoms with Crippen molar-refractivity contribution in [2.75, 3.05) is 36.4 Å². The quantitative estimate of drug-likeness (QED) is 0.741. The fourth-order valence-corrected chi connectivity index (χ4v) is 3.16. The van der Waals surface area contributed by atoms with Crippen molar-refractivity contribution in [3.05, 3.63) is 54.2 Å². The molecular formula is C21H30N4O. The summed E-state index contributed by atoms with van der Waals surface area (Å²) in [5.74, 6) is 0.897. The van der Waals surface area contributed by atoms with E-state index in [2.05, 4.69) is 47.8 Å². The van der Waals surface area contributed by atoms with Gasteiger partial charge in [0.2, 0.25) is 5.91 Å². The van der Waals surface area contributed by atoms with E-state index in [0.29, 0.717) is 0 Å². The van der Waals surface area contributed by atoms with Gasteiger partial charge < -0.3 is 10.2 Å². The molecule has 1 atom stereocenters. The molecule has 0 bridgehead atoms. The molecule has 140 valence electrons. The van der Waals surface area contributed by atoms with Crippen molar-refractivity contribution in [1.82, 2.24) is 9.88 Å². The predicted octanol–water partition coefficient (Wildman–Crippen LogP) is 3.95. The topological polar surface area (TPSA) is 48.5 Å². The number of benzene rings is 1. The lowest BCUT2D eigenvalue weighted by molar-refractivity contribution is -0.121. The summed E-state index contributed by atoms with van der Waals surface area (Å²) >= 11 is 0. The van der Waals surface area contributed by atoms with Crippen LogP contribution in [0.5, 0.6) is 0 Å². The van der Waals surface area contributed by atoms with Crippen LogP contribution in [-0.2, 0) is 4.79 Å². The Balaban J connectivity index is 2.19. The number of pyridine rings is 1. The van der Waals surface area contributed by atoms with Gasteiger partial charge in [-0.3, -0.25) is 9.69 Å². The Bertz CT molecular complexity index is 664. The summed E-state index contributed by atoms with van der Waals surface area (Å²) in [5.41, 5.74) is 1.72. The molecular weight excluding hydrogens is 324 g/mol. The second-order valence-corrected chi connectivity index (χ2v) is 6.10. The molecule has 0 aliphatic carbocycles. The van der Waals surface area contributed by atoms with Gasteiger partial charge in [0.1, 0.15) is 11.9 Å². The average molecular weight is 354 g/mol. The number of nitrogens with one attached hydrogen (secondary N) is 1. The lowest BCUT2D eigenvalue weighted by Gasteiger charge is -2.29. The van der Waals surface area contributed by atoms with Gasteiger partial charge in [-0.05, 0) is 44.6 Å². The number of likely N-dealkylation sites (N-methyl/N-ethyl adjacent to an activating group) is 1. The molecule has 1 amide bonds. The Labute approximate surface area is 157 Å². The number of anilines is 2. The zero-order valence-electron chi connectivity index (χ0n) is 16.3. The molecule has 0 aliphatic rings. The van der Waals surface area contributed by atoms with Crippen molar-refractivity contribution in [3.8, 4) is 0 Å². The second kappa shape index (κ2) is 9.92. The molecule has 0 saturated heterocycles. The minimum absolute atomic E-state index is 0.0303. The summed E-state index contributed by atoms with van der Waals surface area (Å²) in [7, 11) is 0. The van der Waals surface area contributed by atoms with E-state index in [1.165, 1.54) is 0 Å². The van der Waals surface area contributed by atoms with Crippen molar-refractivity contribution in [2.24, 2.45) is 0 Å². The highest BCUT2D eigenvalue weighted by atomic mass is 16.2. The number of hydrogen-bond donors (Lipinski definition) is 1.